The van der Waals surface area contributed by atoms with Crippen molar-refractivity contribution in [3.8, 4) is 11.3 Å². The first-order valence-corrected chi connectivity index (χ1v) is 24.7. The van der Waals surface area contributed by atoms with Gasteiger partial charge in [-0.25, -0.2) is 4.58 Å². The number of ether oxygens (including phenoxy) is 6. The van der Waals surface area contributed by atoms with Gasteiger partial charge < -0.3 is 42.8 Å². The van der Waals surface area contributed by atoms with Crippen LogP contribution in [0.25, 0.3) is 17.4 Å². The van der Waals surface area contributed by atoms with Crippen LogP contribution in [-0.4, -0.2) is 143 Å². The number of hydrogen-bond donors (Lipinski definition) is 3. The Bertz CT molecular complexity index is 2310. The van der Waals surface area contributed by atoms with E-state index in [1.54, 1.807) is 26.4 Å². The van der Waals surface area contributed by atoms with Crippen LogP contribution in [0.4, 0.5) is 5.69 Å². The number of carboxylic acid groups (broad SMARTS) is 1. The second kappa shape index (κ2) is 25.2. The molecule has 1 atom stereocenters. The van der Waals surface area contributed by atoms with Crippen LogP contribution >= 0.6 is 0 Å². The highest BCUT2D eigenvalue weighted by Gasteiger charge is 2.43. The summed E-state index contributed by atoms with van der Waals surface area (Å²) in [4.78, 5) is 13.1. The van der Waals surface area contributed by atoms with Crippen LogP contribution in [0, 0.1) is 0 Å². The van der Waals surface area contributed by atoms with Gasteiger partial charge in [-0.3, -0.25) is 13.9 Å². The third-order valence-electron chi connectivity index (χ3n) is 10.9. The minimum absolute atomic E-state index is 0.0315. The fourth-order valence-electron chi connectivity index (χ4n) is 7.67. The first-order valence-electron chi connectivity index (χ1n) is 21.7. The van der Waals surface area contributed by atoms with Crippen molar-refractivity contribution in [2.75, 3.05) is 111 Å². The van der Waals surface area contributed by atoms with E-state index in [0.717, 1.165) is 16.5 Å². The van der Waals surface area contributed by atoms with Gasteiger partial charge >= 0.3 is 5.97 Å². The van der Waals surface area contributed by atoms with Crippen LogP contribution in [0.15, 0.2) is 69.6 Å². The van der Waals surface area contributed by atoms with Gasteiger partial charge in [-0.1, -0.05) is 26.8 Å². The van der Waals surface area contributed by atoms with Crippen LogP contribution in [0.2, 0.25) is 0 Å². The molecule has 1 unspecified atom stereocenters. The molecule has 1 aromatic rings. The molecule has 1 aromatic carbocycles. The summed E-state index contributed by atoms with van der Waals surface area (Å²) in [6, 6.07) is 12.3. The molecule has 0 aromatic heterocycles. The summed E-state index contributed by atoms with van der Waals surface area (Å²) in [7, 11) is -5.64. The zero-order valence-electron chi connectivity index (χ0n) is 38.5. The Balaban J connectivity index is 1.76. The zero-order chi connectivity index (χ0) is 47.7. The number of rotatable bonds is 29. The lowest BCUT2D eigenvalue weighted by Gasteiger charge is -2.30. The van der Waals surface area contributed by atoms with Crippen molar-refractivity contribution >= 4 is 38.0 Å². The van der Waals surface area contributed by atoms with Crippen LogP contribution in [0.1, 0.15) is 70.3 Å². The summed E-state index contributed by atoms with van der Waals surface area (Å²) in [5, 5.41) is 10.4. The van der Waals surface area contributed by atoms with Gasteiger partial charge in [0.15, 0.2) is 13.1 Å². The molecule has 3 N–H and O–H groups in total. The molecule has 2 aliphatic heterocycles. The zero-order valence-corrected chi connectivity index (χ0v) is 40.1. The Morgan fingerprint density at radius 2 is 1.42 bits per heavy atom. The number of anilines is 1. The van der Waals surface area contributed by atoms with Gasteiger partial charge in [-0.2, -0.15) is 16.8 Å². The summed E-state index contributed by atoms with van der Waals surface area (Å²) in [6.45, 7) is 14.1. The van der Waals surface area contributed by atoms with Crippen molar-refractivity contribution < 1.29 is 68.7 Å². The van der Waals surface area contributed by atoms with E-state index in [0.29, 0.717) is 108 Å². The molecule has 0 amide bonds. The number of allylic oxidation sites excluding steroid dienone is 3. The molecule has 2 heterocycles. The molecule has 0 bridgehead atoms. The van der Waals surface area contributed by atoms with E-state index in [1.807, 2.05) is 30.0 Å². The van der Waals surface area contributed by atoms with Gasteiger partial charge in [0.2, 0.25) is 5.36 Å². The maximum absolute atomic E-state index is 12.3. The summed E-state index contributed by atoms with van der Waals surface area (Å²) in [5.41, 5.74) is 2.43. The third-order valence-corrected chi connectivity index (χ3v) is 12.6. The fraction of sp³-hybridized carbons (Fsp3) is 0.565. The smallest absolute Gasteiger partial charge is 0.303 e. The van der Waals surface area contributed by atoms with Gasteiger partial charge in [0.25, 0.3) is 20.2 Å². The molecular weight excluding hydrogens is 885 g/mol. The topological polar surface area (TPSA) is 221 Å². The molecule has 0 saturated heterocycles. The molecule has 4 rings (SSSR count). The molecule has 17 nitrogen and oxygen atoms in total. The minimum atomic E-state index is -4.60. The molecular formula is C46H67N2O15S2+. The standard InChI is InChI=1S/C46H66N2O15S2/c1-45(2,3)39-33-36(63-42-32-35(13-15-38(39)42)47(19-21-59-27-29-61-25-23-57-5)20-22-60-28-30-62-26-24-58-6)10-7-11-43-46(4,17-8-12-44(49)50)40-34-37(65(54,55)56)14-16-41(40)48(43)18-9-31-64(51,52)53/h7,10-11,13-16,32-34H,8-9,12,17-31H2,1-6H3,(H2-,49,50,51,52,53,54,55,56)/p+1. The molecule has 0 saturated carbocycles. The van der Waals surface area contributed by atoms with Gasteiger partial charge in [0.05, 0.1) is 69.6 Å². The van der Waals surface area contributed by atoms with E-state index in [2.05, 4.69) is 37.5 Å². The van der Waals surface area contributed by atoms with Crippen molar-refractivity contribution in [1.82, 2.24) is 4.58 Å². The Morgan fingerprint density at radius 3 is 1.97 bits per heavy atom. The second-order valence-electron chi connectivity index (χ2n) is 16.9. The van der Waals surface area contributed by atoms with Crippen LogP contribution in [0.5, 0.6) is 0 Å². The highest BCUT2D eigenvalue weighted by molar-refractivity contribution is 7.86. The Labute approximate surface area is 383 Å². The summed E-state index contributed by atoms with van der Waals surface area (Å²) in [6.07, 6.45) is 5.82. The molecule has 0 fully saturated rings. The number of fused-ring (bicyclic) bond motifs is 2. The van der Waals surface area contributed by atoms with Gasteiger partial charge in [0, 0.05) is 55.6 Å². The number of methoxy groups -OCH3 is 2. The molecule has 1 aliphatic carbocycles. The average Bonchev–Trinajstić information content (AvgIpc) is 3.45. The number of benzene rings is 2. The number of aliphatic carboxylic acids is 1. The van der Waals surface area contributed by atoms with Crippen LogP contribution in [-0.2, 0) is 64.3 Å². The lowest BCUT2D eigenvalue weighted by atomic mass is 9.77. The Kier molecular flexibility index (Phi) is 20.8. The predicted octanol–water partition coefficient (Wildman–Crippen LogP) is 5.27. The number of nitrogens with zero attached hydrogens (tertiary/aromatic N) is 2. The maximum Gasteiger partial charge on any atom is 0.303 e. The Morgan fingerprint density at radius 1 is 0.815 bits per heavy atom. The molecule has 19 heteroatoms. The Hall–Kier alpha value is -4.02. The molecule has 0 spiro atoms. The summed E-state index contributed by atoms with van der Waals surface area (Å²) in [5.74, 6) is -0.330. The average molecular weight is 952 g/mol. The first kappa shape index (κ1) is 53.6. The highest BCUT2D eigenvalue weighted by atomic mass is 32.2. The molecule has 3 aliphatic rings. The largest absolute Gasteiger partial charge is 0.481 e. The number of carbonyl (C=O) groups is 1. The SMILES string of the molecule is COCCOCCOCC[N+](CCOCCOCCOC)=c1ccc2c(C(C)(C)C)cc(/C=C/C=C3/N(CCCS(=O)(=O)O)c4ccc(S(=O)(=O)O)cc4C3(C)CCCC(=O)O)oc-2c1. The fourth-order valence-corrected chi connectivity index (χ4v) is 8.67. The number of carboxylic acids is 1. The summed E-state index contributed by atoms with van der Waals surface area (Å²) >= 11 is 0. The van der Waals surface area contributed by atoms with E-state index < -0.39 is 37.4 Å². The van der Waals surface area contributed by atoms with Crippen molar-refractivity contribution in [3.63, 3.8) is 0 Å². The van der Waals surface area contributed by atoms with Crippen molar-refractivity contribution in [3.05, 3.63) is 82.6 Å². The van der Waals surface area contributed by atoms with Crippen molar-refractivity contribution in [2.24, 2.45) is 0 Å². The van der Waals surface area contributed by atoms with E-state index in [1.165, 1.54) is 18.2 Å². The normalized spacial score (nSPS) is 16.3. The van der Waals surface area contributed by atoms with Crippen molar-refractivity contribution in [2.45, 2.75) is 69.1 Å². The lowest BCUT2D eigenvalue weighted by molar-refractivity contribution is -0.137. The van der Waals surface area contributed by atoms with Gasteiger partial charge in [0.1, 0.15) is 24.7 Å². The van der Waals surface area contributed by atoms with Gasteiger partial charge in [-0.05, 0) is 85.2 Å². The van der Waals surface area contributed by atoms with E-state index in [9.17, 15) is 35.8 Å². The van der Waals surface area contributed by atoms with Crippen LogP contribution < -0.4 is 14.8 Å². The van der Waals surface area contributed by atoms with E-state index >= 15 is 0 Å². The minimum Gasteiger partial charge on any atom is -0.481 e. The van der Waals surface area contributed by atoms with E-state index in [4.69, 9.17) is 32.8 Å². The van der Waals surface area contributed by atoms with E-state index in [-0.39, 0.29) is 42.5 Å². The lowest BCUT2D eigenvalue weighted by Crippen LogP contribution is -2.36. The third kappa shape index (κ3) is 16.7. The molecule has 0 radical (unpaired) electrons. The monoisotopic (exact) mass is 951 g/mol. The second-order valence-corrected chi connectivity index (χ2v) is 19.8. The number of hydrogen-bond acceptors (Lipinski definition) is 13. The van der Waals surface area contributed by atoms with Gasteiger partial charge in [-0.15, -0.1) is 0 Å². The molecule has 362 valence electrons. The summed E-state index contributed by atoms with van der Waals surface area (Å²) < 4.78 is 109. The van der Waals surface area contributed by atoms with Crippen molar-refractivity contribution in [1.29, 1.82) is 0 Å². The van der Waals surface area contributed by atoms with Crippen LogP contribution in [0.3, 0.4) is 0 Å². The first-order chi connectivity index (χ1) is 30.8. The maximum atomic E-state index is 12.3. The molecule has 65 heavy (non-hydrogen) atoms. The predicted molar refractivity (Wildman–Crippen MR) is 247 cm³/mol. The highest BCUT2D eigenvalue weighted by Crippen LogP contribution is 2.51. The quantitative estimate of drug-likeness (QED) is 0.0459.